The molecule has 1 aliphatic rings. The first-order valence-electron chi connectivity index (χ1n) is 14.3. The molecule has 8 heteroatoms. The minimum atomic E-state index is -1.24. The molecule has 3 aromatic carbocycles. The molecule has 0 amide bonds. The number of hydrogen-bond donors (Lipinski definition) is 0. The average Bonchev–Trinajstić information content (AvgIpc) is 2.97. The van der Waals surface area contributed by atoms with Gasteiger partial charge in [-0.1, -0.05) is 31.5 Å². The van der Waals surface area contributed by atoms with Crippen molar-refractivity contribution in [3.63, 3.8) is 0 Å². The molecule has 220 valence electrons. The molecule has 0 heterocycles. The summed E-state index contributed by atoms with van der Waals surface area (Å²) in [6.45, 7) is 4.14. The Kier molecular flexibility index (Phi) is 10.4. The van der Waals surface area contributed by atoms with Crippen LogP contribution in [0.25, 0.3) is 0 Å². The Bertz CT molecular complexity index is 1370. The summed E-state index contributed by atoms with van der Waals surface area (Å²) in [5.74, 6) is -5.83. The van der Waals surface area contributed by atoms with E-state index in [0.29, 0.717) is 48.8 Å². The van der Waals surface area contributed by atoms with Crippen LogP contribution in [0.4, 0.5) is 22.0 Å². The molecule has 3 nitrogen and oxygen atoms in total. The third-order valence-electron chi connectivity index (χ3n) is 7.79. The Balaban J connectivity index is 1.34. The van der Waals surface area contributed by atoms with E-state index in [1.807, 2.05) is 6.92 Å². The standard InChI is InChI=1S/C33H35F5O3/c1-3-5-18-41-29-17-14-25(31(36)33(29)38)27(39)15-7-20-6-12-23(26(34)19-20)21-8-10-22(11-9-21)24-13-16-28(40-4-2)32(37)30(24)35/h6,12-14,16-17,19,21-22H,3-5,7-11,15,18H2,1-2H3. The van der Waals surface area contributed by atoms with Crippen LogP contribution in [0.15, 0.2) is 42.5 Å². The number of carbonyl (C=O) groups excluding carboxylic acids is 1. The maximum Gasteiger partial charge on any atom is 0.201 e. The summed E-state index contributed by atoms with van der Waals surface area (Å²) in [7, 11) is 0. The number of ketones is 1. The number of carbonyl (C=O) groups is 1. The Morgan fingerprint density at radius 3 is 2.02 bits per heavy atom. The third kappa shape index (κ3) is 7.08. The van der Waals surface area contributed by atoms with E-state index >= 15 is 4.39 Å². The molecule has 41 heavy (non-hydrogen) atoms. The van der Waals surface area contributed by atoms with Crippen LogP contribution in [0.3, 0.4) is 0 Å². The van der Waals surface area contributed by atoms with Crippen molar-refractivity contribution < 1.29 is 36.2 Å². The van der Waals surface area contributed by atoms with Crippen molar-refractivity contribution in [2.24, 2.45) is 0 Å². The predicted octanol–water partition coefficient (Wildman–Crippen LogP) is 9.22. The fraction of sp³-hybridized carbons (Fsp3) is 0.424. The fourth-order valence-electron chi connectivity index (χ4n) is 5.48. The van der Waals surface area contributed by atoms with Crippen molar-refractivity contribution in [2.75, 3.05) is 13.2 Å². The Morgan fingerprint density at radius 2 is 1.37 bits per heavy atom. The molecule has 3 aromatic rings. The lowest BCUT2D eigenvalue weighted by molar-refractivity contribution is 0.0977. The van der Waals surface area contributed by atoms with Gasteiger partial charge in [-0.25, -0.2) is 13.2 Å². The van der Waals surface area contributed by atoms with Gasteiger partial charge in [-0.2, -0.15) is 8.78 Å². The van der Waals surface area contributed by atoms with Gasteiger partial charge in [0.1, 0.15) is 5.82 Å². The van der Waals surface area contributed by atoms with Crippen molar-refractivity contribution in [1.82, 2.24) is 0 Å². The molecule has 0 saturated heterocycles. The summed E-state index contributed by atoms with van der Waals surface area (Å²) < 4.78 is 83.3. The van der Waals surface area contributed by atoms with Gasteiger partial charge in [-0.05, 0) is 98.2 Å². The predicted molar refractivity (Wildman–Crippen MR) is 147 cm³/mol. The molecule has 0 unspecified atom stereocenters. The molecule has 0 bridgehead atoms. The third-order valence-corrected chi connectivity index (χ3v) is 7.79. The van der Waals surface area contributed by atoms with E-state index in [1.165, 1.54) is 24.3 Å². The first kappa shape index (κ1) is 30.5. The van der Waals surface area contributed by atoms with Crippen LogP contribution in [0.1, 0.15) is 97.7 Å². The number of benzene rings is 3. The van der Waals surface area contributed by atoms with Gasteiger partial charge in [0.05, 0.1) is 18.8 Å². The number of hydrogen-bond acceptors (Lipinski definition) is 3. The van der Waals surface area contributed by atoms with Crippen molar-refractivity contribution >= 4 is 5.78 Å². The largest absolute Gasteiger partial charge is 0.491 e. The van der Waals surface area contributed by atoms with Crippen LogP contribution >= 0.6 is 0 Å². The average molecular weight is 575 g/mol. The van der Waals surface area contributed by atoms with E-state index in [9.17, 15) is 22.4 Å². The second kappa shape index (κ2) is 14.0. The monoisotopic (exact) mass is 574 g/mol. The summed E-state index contributed by atoms with van der Waals surface area (Å²) in [5.41, 5.74) is 1.08. The molecule has 0 spiro atoms. The minimum Gasteiger partial charge on any atom is -0.491 e. The molecule has 0 aromatic heterocycles. The van der Waals surface area contributed by atoms with Crippen molar-refractivity contribution in [3.8, 4) is 11.5 Å². The number of halogens is 5. The highest BCUT2D eigenvalue weighted by atomic mass is 19.2. The van der Waals surface area contributed by atoms with Gasteiger partial charge >= 0.3 is 0 Å². The van der Waals surface area contributed by atoms with E-state index in [2.05, 4.69) is 0 Å². The summed E-state index contributed by atoms with van der Waals surface area (Å²) in [4.78, 5) is 12.6. The van der Waals surface area contributed by atoms with Gasteiger partial charge in [-0.3, -0.25) is 4.79 Å². The number of Topliss-reactive ketones (excluding diaryl/α,β-unsaturated/α-hetero) is 1. The molecule has 0 N–H and O–H groups in total. The Morgan fingerprint density at radius 1 is 0.756 bits per heavy atom. The molecule has 0 atom stereocenters. The molecule has 0 aliphatic heterocycles. The number of ether oxygens (including phenoxy) is 2. The maximum absolute atomic E-state index is 15.1. The van der Waals surface area contributed by atoms with Crippen molar-refractivity contribution in [3.05, 3.63) is 93.8 Å². The van der Waals surface area contributed by atoms with Gasteiger partial charge < -0.3 is 9.47 Å². The molecular weight excluding hydrogens is 539 g/mol. The van der Waals surface area contributed by atoms with E-state index in [0.717, 1.165) is 6.42 Å². The molecular formula is C33H35F5O3. The van der Waals surface area contributed by atoms with Gasteiger partial charge in [0, 0.05) is 6.42 Å². The van der Waals surface area contributed by atoms with Gasteiger partial charge in [-0.15, -0.1) is 0 Å². The highest BCUT2D eigenvalue weighted by Gasteiger charge is 2.29. The van der Waals surface area contributed by atoms with Crippen molar-refractivity contribution in [1.29, 1.82) is 0 Å². The van der Waals surface area contributed by atoms with Crippen molar-refractivity contribution in [2.45, 2.75) is 77.0 Å². The zero-order chi connectivity index (χ0) is 29.5. The SMILES string of the molecule is CCCCOc1ccc(C(=O)CCc2ccc(C3CCC(c4ccc(OCC)c(F)c4F)CC3)c(F)c2)c(F)c1F. The van der Waals surface area contributed by atoms with E-state index in [4.69, 9.17) is 9.47 Å². The lowest BCUT2D eigenvalue weighted by atomic mass is 9.75. The first-order valence-corrected chi connectivity index (χ1v) is 14.3. The van der Waals surface area contributed by atoms with Crippen LogP contribution < -0.4 is 9.47 Å². The molecule has 4 rings (SSSR count). The van der Waals surface area contributed by atoms with Crippen LogP contribution in [-0.4, -0.2) is 19.0 Å². The maximum atomic E-state index is 15.1. The molecule has 1 saturated carbocycles. The molecule has 1 aliphatic carbocycles. The van der Waals surface area contributed by atoms with Crippen LogP contribution in [-0.2, 0) is 6.42 Å². The topological polar surface area (TPSA) is 35.5 Å². The minimum absolute atomic E-state index is 0.0623. The zero-order valence-electron chi connectivity index (χ0n) is 23.4. The van der Waals surface area contributed by atoms with Crippen LogP contribution in [0.5, 0.6) is 11.5 Å². The van der Waals surface area contributed by atoms with E-state index in [-0.39, 0.29) is 55.0 Å². The lowest BCUT2D eigenvalue weighted by Gasteiger charge is -2.29. The number of rotatable bonds is 12. The fourth-order valence-corrected chi connectivity index (χ4v) is 5.48. The molecule has 1 fully saturated rings. The number of unbranched alkanes of at least 4 members (excludes halogenated alkanes) is 1. The highest BCUT2D eigenvalue weighted by molar-refractivity contribution is 5.96. The Labute approximate surface area is 237 Å². The number of aryl methyl sites for hydroxylation is 1. The smallest absolute Gasteiger partial charge is 0.201 e. The summed E-state index contributed by atoms with van der Waals surface area (Å²) in [6.07, 6.45) is 4.03. The second-order valence-corrected chi connectivity index (χ2v) is 10.5. The van der Waals surface area contributed by atoms with E-state index < -0.39 is 34.9 Å². The quantitative estimate of drug-likeness (QED) is 0.123. The summed E-state index contributed by atoms with van der Waals surface area (Å²) in [5, 5.41) is 0. The Hall–Kier alpha value is -3.42. The zero-order valence-corrected chi connectivity index (χ0v) is 23.4. The lowest BCUT2D eigenvalue weighted by Crippen LogP contribution is -2.15. The van der Waals surface area contributed by atoms with Gasteiger partial charge in [0.2, 0.25) is 11.6 Å². The van der Waals surface area contributed by atoms with E-state index in [1.54, 1.807) is 25.1 Å². The highest BCUT2D eigenvalue weighted by Crippen LogP contribution is 2.43. The van der Waals surface area contributed by atoms with Crippen LogP contribution in [0, 0.1) is 29.1 Å². The molecule has 0 radical (unpaired) electrons. The van der Waals surface area contributed by atoms with Gasteiger partial charge in [0.25, 0.3) is 0 Å². The van der Waals surface area contributed by atoms with Gasteiger partial charge in [0.15, 0.2) is 28.9 Å². The first-order chi connectivity index (χ1) is 19.7. The second-order valence-electron chi connectivity index (χ2n) is 10.5. The van der Waals surface area contributed by atoms with Crippen LogP contribution in [0.2, 0.25) is 0 Å². The summed E-state index contributed by atoms with van der Waals surface area (Å²) in [6, 6.07) is 10.3. The normalized spacial score (nSPS) is 17.0. The summed E-state index contributed by atoms with van der Waals surface area (Å²) >= 11 is 0.